The lowest BCUT2D eigenvalue weighted by Gasteiger charge is -2.30. The second-order valence-corrected chi connectivity index (χ2v) is 7.75. The average molecular weight is 385 g/mol. The van der Waals surface area contributed by atoms with Crippen LogP contribution in [-0.2, 0) is 33.8 Å². The third-order valence-electron chi connectivity index (χ3n) is 4.42. The number of aromatic nitrogens is 2. The highest BCUT2D eigenvalue weighted by molar-refractivity contribution is 5.72. The Morgan fingerprint density at radius 2 is 1.89 bits per heavy atom. The van der Waals surface area contributed by atoms with Crippen molar-refractivity contribution in [3.05, 3.63) is 41.6 Å². The van der Waals surface area contributed by atoms with Gasteiger partial charge in [0.15, 0.2) is 0 Å². The number of hydrogen-bond acceptors (Lipinski definition) is 5. The van der Waals surface area contributed by atoms with Crippen molar-refractivity contribution in [3.8, 4) is 11.3 Å². The van der Waals surface area contributed by atoms with Gasteiger partial charge in [0.2, 0.25) is 0 Å². The highest BCUT2D eigenvalue weighted by atomic mass is 16.6. The lowest BCUT2D eigenvalue weighted by atomic mass is 10.0. The largest absolute Gasteiger partial charge is 0.465 e. The van der Waals surface area contributed by atoms with Gasteiger partial charge in [0.1, 0.15) is 12.1 Å². The van der Waals surface area contributed by atoms with E-state index in [0.29, 0.717) is 26.1 Å². The molecule has 2 aromatic rings. The first kappa shape index (κ1) is 19.9. The molecule has 0 spiro atoms. The molecule has 0 atom stereocenters. The monoisotopic (exact) mass is 385 g/mol. The van der Waals surface area contributed by atoms with Crippen LogP contribution < -0.4 is 0 Å². The number of rotatable bonds is 4. The third-order valence-corrected chi connectivity index (χ3v) is 4.42. The molecule has 0 unspecified atom stereocenters. The number of fused-ring (bicyclic) bond motifs is 1. The molecule has 7 nitrogen and oxygen atoms in total. The topological polar surface area (TPSA) is 73.7 Å². The Hall–Kier alpha value is -2.83. The molecule has 0 radical (unpaired) electrons. The first-order chi connectivity index (χ1) is 13.3. The van der Waals surface area contributed by atoms with Gasteiger partial charge < -0.3 is 14.4 Å². The Bertz CT molecular complexity index is 853. The number of hydrogen-bond donors (Lipinski definition) is 0. The summed E-state index contributed by atoms with van der Waals surface area (Å²) in [5, 5.41) is 4.69. The van der Waals surface area contributed by atoms with Gasteiger partial charge in [0.25, 0.3) is 0 Å². The molecule has 7 heteroatoms. The van der Waals surface area contributed by atoms with Crippen molar-refractivity contribution < 1.29 is 19.1 Å². The summed E-state index contributed by atoms with van der Waals surface area (Å²) in [5.74, 6) is -0.318. The zero-order valence-electron chi connectivity index (χ0n) is 16.9. The molecule has 1 aromatic carbocycles. The predicted octanol–water partition coefficient (Wildman–Crippen LogP) is 3.41. The van der Waals surface area contributed by atoms with Crippen molar-refractivity contribution in [2.24, 2.45) is 0 Å². The number of nitrogens with zero attached hydrogens (tertiary/aromatic N) is 3. The minimum Gasteiger partial charge on any atom is -0.465 e. The lowest BCUT2D eigenvalue weighted by molar-refractivity contribution is -0.144. The van der Waals surface area contributed by atoms with Crippen LogP contribution in [-0.4, -0.2) is 45.5 Å². The van der Waals surface area contributed by atoms with Crippen LogP contribution in [0.1, 0.15) is 39.0 Å². The maximum atomic E-state index is 12.5. The summed E-state index contributed by atoms with van der Waals surface area (Å²) in [6.07, 6.45) is 0.267. The van der Waals surface area contributed by atoms with Gasteiger partial charge in [-0.1, -0.05) is 30.3 Å². The number of ether oxygens (including phenoxy) is 2. The normalized spacial score (nSPS) is 13.8. The summed E-state index contributed by atoms with van der Waals surface area (Å²) < 4.78 is 12.3. The second-order valence-electron chi connectivity index (χ2n) is 7.75. The molecule has 1 aromatic heterocycles. The predicted molar refractivity (Wildman–Crippen MR) is 105 cm³/mol. The van der Waals surface area contributed by atoms with E-state index in [1.807, 2.05) is 51.1 Å². The Balaban J connectivity index is 1.93. The standard InChI is InChI=1S/C21H27N3O4/c1-5-27-18(25)14-24-17-11-12-23(20(26)28-21(2,3)4)13-16(17)19(22-24)15-9-7-6-8-10-15/h6-10H,5,11-14H2,1-4H3. The van der Waals surface area contributed by atoms with Gasteiger partial charge in [0.05, 0.1) is 18.8 Å². The van der Waals surface area contributed by atoms with Gasteiger partial charge in [0, 0.05) is 29.8 Å². The summed E-state index contributed by atoms with van der Waals surface area (Å²) in [7, 11) is 0. The average Bonchev–Trinajstić information content (AvgIpc) is 2.99. The van der Waals surface area contributed by atoms with Crippen LogP contribution in [0.3, 0.4) is 0 Å². The summed E-state index contributed by atoms with van der Waals surface area (Å²) in [4.78, 5) is 26.2. The van der Waals surface area contributed by atoms with Gasteiger partial charge in [-0.25, -0.2) is 4.79 Å². The van der Waals surface area contributed by atoms with Crippen molar-refractivity contribution in [1.29, 1.82) is 0 Å². The fourth-order valence-corrected chi connectivity index (χ4v) is 3.26. The zero-order chi connectivity index (χ0) is 20.3. The molecule has 150 valence electrons. The van der Waals surface area contributed by atoms with E-state index in [1.165, 1.54) is 0 Å². The third kappa shape index (κ3) is 4.52. The zero-order valence-corrected chi connectivity index (χ0v) is 16.9. The Morgan fingerprint density at radius 3 is 2.54 bits per heavy atom. The van der Waals surface area contributed by atoms with Crippen molar-refractivity contribution in [2.45, 2.75) is 52.8 Å². The van der Waals surface area contributed by atoms with Gasteiger partial charge in [-0.05, 0) is 27.7 Å². The molecule has 0 saturated heterocycles. The summed E-state index contributed by atoms with van der Waals surface area (Å²) in [5.41, 5.74) is 3.10. The fourth-order valence-electron chi connectivity index (χ4n) is 3.26. The van der Waals surface area contributed by atoms with Crippen LogP contribution in [0.15, 0.2) is 30.3 Å². The second kappa shape index (κ2) is 8.04. The maximum Gasteiger partial charge on any atom is 0.410 e. The van der Waals surface area contributed by atoms with Crippen molar-refractivity contribution in [3.63, 3.8) is 0 Å². The van der Waals surface area contributed by atoms with Crippen molar-refractivity contribution in [1.82, 2.24) is 14.7 Å². The van der Waals surface area contributed by atoms with Crippen LogP contribution in [0.4, 0.5) is 4.79 Å². The van der Waals surface area contributed by atoms with Crippen molar-refractivity contribution in [2.75, 3.05) is 13.2 Å². The SMILES string of the molecule is CCOC(=O)Cn1nc(-c2ccccc2)c2c1CCN(C(=O)OC(C)(C)C)C2. The van der Waals surface area contributed by atoms with E-state index < -0.39 is 5.60 Å². The quantitative estimate of drug-likeness (QED) is 0.754. The molecule has 1 aliphatic heterocycles. The number of carbonyl (C=O) groups is 2. The van der Waals surface area contributed by atoms with Crippen molar-refractivity contribution >= 4 is 12.1 Å². The van der Waals surface area contributed by atoms with Gasteiger partial charge in [-0.15, -0.1) is 0 Å². The molecule has 0 bridgehead atoms. The van der Waals surface area contributed by atoms with Gasteiger partial charge in [-0.2, -0.15) is 5.10 Å². The molecule has 0 aliphatic carbocycles. The summed E-state index contributed by atoms with van der Waals surface area (Å²) in [6.45, 7) is 8.66. The van der Waals surface area contributed by atoms with E-state index in [9.17, 15) is 9.59 Å². The first-order valence-electron chi connectivity index (χ1n) is 9.56. The number of esters is 1. The van der Waals surface area contributed by atoms with E-state index in [-0.39, 0.29) is 18.6 Å². The van der Waals surface area contributed by atoms with E-state index in [0.717, 1.165) is 22.5 Å². The Morgan fingerprint density at radius 1 is 1.18 bits per heavy atom. The molecule has 1 aliphatic rings. The van der Waals surface area contributed by atoms with E-state index >= 15 is 0 Å². The fraction of sp³-hybridized carbons (Fsp3) is 0.476. The molecule has 0 fully saturated rings. The van der Waals surface area contributed by atoms with Gasteiger partial charge >= 0.3 is 12.1 Å². The summed E-state index contributed by atoms with van der Waals surface area (Å²) in [6, 6.07) is 9.78. The highest BCUT2D eigenvalue weighted by Crippen LogP contribution is 2.30. The smallest absolute Gasteiger partial charge is 0.410 e. The minimum absolute atomic E-state index is 0.0649. The molecular weight excluding hydrogens is 358 g/mol. The van der Waals surface area contributed by atoms with Crippen LogP contribution >= 0.6 is 0 Å². The van der Waals surface area contributed by atoms with Crippen LogP contribution in [0.5, 0.6) is 0 Å². The maximum absolute atomic E-state index is 12.5. The van der Waals surface area contributed by atoms with E-state index in [4.69, 9.17) is 9.47 Å². The highest BCUT2D eigenvalue weighted by Gasteiger charge is 2.31. The number of amides is 1. The summed E-state index contributed by atoms with van der Waals surface area (Å²) >= 11 is 0. The lowest BCUT2D eigenvalue weighted by Crippen LogP contribution is -2.40. The van der Waals surface area contributed by atoms with Crippen LogP contribution in [0.25, 0.3) is 11.3 Å². The molecule has 2 heterocycles. The molecule has 28 heavy (non-hydrogen) atoms. The Labute approximate surface area is 165 Å². The molecular formula is C21H27N3O4. The van der Waals surface area contributed by atoms with E-state index in [2.05, 4.69) is 5.10 Å². The molecule has 1 amide bonds. The molecule has 0 N–H and O–H groups in total. The van der Waals surface area contributed by atoms with Crippen LogP contribution in [0.2, 0.25) is 0 Å². The van der Waals surface area contributed by atoms with E-state index in [1.54, 1.807) is 16.5 Å². The minimum atomic E-state index is -0.548. The number of carbonyl (C=O) groups excluding carboxylic acids is 2. The number of benzene rings is 1. The Kier molecular flexibility index (Phi) is 5.72. The molecule has 0 saturated carbocycles. The molecule has 3 rings (SSSR count). The first-order valence-corrected chi connectivity index (χ1v) is 9.56. The van der Waals surface area contributed by atoms with Crippen LogP contribution in [0, 0.1) is 0 Å². The van der Waals surface area contributed by atoms with Gasteiger partial charge in [-0.3, -0.25) is 9.48 Å².